The molecule has 0 bridgehead atoms. The molecule has 0 aliphatic heterocycles. The van der Waals surface area contributed by atoms with E-state index in [0.29, 0.717) is 5.56 Å². The van der Waals surface area contributed by atoms with Gasteiger partial charge < -0.3 is 9.47 Å². The Balaban J connectivity index is 1.97. The highest BCUT2D eigenvalue weighted by Gasteiger charge is 2.04. The van der Waals surface area contributed by atoms with Gasteiger partial charge in [-0.2, -0.15) is 12.6 Å². The minimum absolute atomic E-state index is 0.317. The smallest absolute Gasteiger partial charge is 0.337 e. The topological polar surface area (TPSA) is 35.5 Å². The van der Waals surface area contributed by atoms with Crippen LogP contribution < -0.4 is 4.74 Å². The van der Waals surface area contributed by atoms with Crippen LogP contribution >= 0.6 is 12.6 Å². The van der Waals surface area contributed by atoms with Crippen LogP contribution in [-0.2, 0) is 4.74 Å². The van der Waals surface area contributed by atoms with Crippen molar-refractivity contribution >= 4 is 18.6 Å². The Kier molecular flexibility index (Phi) is 11.5. The van der Waals surface area contributed by atoms with Crippen LogP contribution in [0.1, 0.15) is 68.1 Å². The first kappa shape index (κ1) is 19.9. The van der Waals surface area contributed by atoms with Gasteiger partial charge in [0.15, 0.2) is 0 Å². The van der Waals surface area contributed by atoms with Gasteiger partial charge in [0.05, 0.1) is 19.3 Å². The SMILES string of the molecule is COC(=O)c1ccc(OCCCCCCCCCCCS)cc1. The number of carbonyl (C=O) groups is 1. The van der Waals surface area contributed by atoms with Crippen LogP contribution in [0.25, 0.3) is 0 Å². The second-order valence-corrected chi connectivity index (χ2v) is 6.22. The average molecular weight is 339 g/mol. The first-order valence-electron chi connectivity index (χ1n) is 8.70. The third-order valence-electron chi connectivity index (χ3n) is 3.85. The van der Waals surface area contributed by atoms with Crippen molar-refractivity contribution in [3.05, 3.63) is 29.8 Å². The van der Waals surface area contributed by atoms with Crippen LogP contribution in [0.2, 0.25) is 0 Å². The fourth-order valence-electron chi connectivity index (χ4n) is 2.45. The molecule has 0 saturated carbocycles. The van der Waals surface area contributed by atoms with E-state index in [1.807, 2.05) is 12.1 Å². The molecule has 0 aliphatic rings. The summed E-state index contributed by atoms with van der Waals surface area (Å²) in [7, 11) is 1.38. The van der Waals surface area contributed by atoms with Gasteiger partial charge in [0.2, 0.25) is 0 Å². The zero-order chi connectivity index (χ0) is 16.8. The Hall–Kier alpha value is -1.16. The Labute approximate surface area is 146 Å². The van der Waals surface area contributed by atoms with Gasteiger partial charge in [-0.25, -0.2) is 4.79 Å². The summed E-state index contributed by atoms with van der Waals surface area (Å²) in [6.07, 6.45) is 11.6. The predicted molar refractivity (Wildman–Crippen MR) is 98.7 cm³/mol. The molecule has 0 heterocycles. The molecular weight excluding hydrogens is 308 g/mol. The fourth-order valence-corrected chi connectivity index (χ4v) is 2.67. The van der Waals surface area contributed by atoms with Crippen molar-refractivity contribution in [1.29, 1.82) is 0 Å². The molecule has 0 amide bonds. The molecule has 0 aromatic heterocycles. The Morgan fingerprint density at radius 1 is 0.870 bits per heavy atom. The molecular formula is C19H30O3S. The molecule has 0 spiro atoms. The minimum atomic E-state index is -0.317. The molecule has 1 aromatic rings. The summed E-state index contributed by atoms with van der Waals surface area (Å²) in [5.41, 5.74) is 0.550. The van der Waals surface area contributed by atoms with E-state index in [4.69, 9.17) is 4.74 Å². The monoisotopic (exact) mass is 338 g/mol. The molecule has 0 N–H and O–H groups in total. The maximum Gasteiger partial charge on any atom is 0.337 e. The van der Waals surface area contributed by atoms with Crippen molar-refractivity contribution in [3.8, 4) is 5.75 Å². The lowest BCUT2D eigenvalue weighted by Gasteiger charge is -2.07. The van der Waals surface area contributed by atoms with Crippen LogP contribution in [0.5, 0.6) is 5.75 Å². The van der Waals surface area contributed by atoms with Crippen LogP contribution in [0, 0.1) is 0 Å². The summed E-state index contributed by atoms with van der Waals surface area (Å²) >= 11 is 4.22. The van der Waals surface area contributed by atoms with E-state index in [1.54, 1.807) is 12.1 Å². The van der Waals surface area contributed by atoms with Gasteiger partial charge in [0.25, 0.3) is 0 Å². The molecule has 1 rings (SSSR count). The van der Waals surface area contributed by atoms with Gasteiger partial charge in [0.1, 0.15) is 5.75 Å². The van der Waals surface area contributed by atoms with Crippen molar-refractivity contribution in [2.45, 2.75) is 57.8 Å². The number of rotatable bonds is 13. The van der Waals surface area contributed by atoms with E-state index >= 15 is 0 Å². The molecule has 0 aliphatic carbocycles. The maximum absolute atomic E-state index is 11.3. The Morgan fingerprint density at radius 2 is 1.39 bits per heavy atom. The van der Waals surface area contributed by atoms with Crippen molar-refractivity contribution in [2.24, 2.45) is 0 Å². The van der Waals surface area contributed by atoms with Gasteiger partial charge in [-0.1, -0.05) is 44.9 Å². The highest BCUT2D eigenvalue weighted by molar-refractivity contribution is 7.80. The number of hydrogen-bond acceptors (Lipinski definition) is 4. The van der Waals surface area contributed by atoms with Gasteiger partial charge in [-0.3, -0.25) is 0 Å². The zero-order valence-corrected chi connectivity index (χ0v) is 15.2. The second kappa shape index (κ2) is 13.3. The van der Waals surface area contributed by atoms with Crippen molar-refractivity contribution in [3.63, 3.8) is 0 Å². The molecule has 0 unspecified atom stereocenters. The van der Waals surface area contributed by atoms with Gasteiger partial charge in [-0.15, -0.1) is 0 Å². The largest absolute Gasteiger partial charge is 0.494 e. The van der Waals surface area contributed by atoms with E-state index < -0.39 is 0 Å². The molecule has 0 fully saturated rings. The van der Waals surface area contributed by atoms with Gasteiger partial charge >= 0.3 is 5.97 Å². The first-order chi connectivity index (χ1) is 11.3. The molecule has 23 heavy (non-hydrogen) atoms. The number of unbranched alkanes of at least 4 members (excludes halogenated alkanes) is 8. The van der Waals surface area contributed by atoms with Crippen molar-refractivity contribution in [1.82, 2.24) is 0 Å². The highest BCUT2D eigenvalue weighted by atomic mass is 32.1. The average Bonchev–Trinajstić information content (AvgIpc) is 2.59. The number of esters is 1. The Morgan fingerprint density at radius 3 is 1.91 bits per heavy atom. The van der Waals surface area contributed by atoms with Crippen LogP contribution in [0.4, 0.5) is 0 Å². The molecule has 3 nitrogen and oxygen atoms in total. The molecule has 0 atom stereocenters. The van der Waals surface area contributed by atoms with Crippen molar-refractivity contribution in [2.75, 3.05) is 19.5 Å². The third-order valence-corrected chi connectivity index (χ3v) is 4.16. The summed E-state index contributed by atoms with van der Waals surface area (Å²) in [6.45, 7) is 0.736. The van der Waals surface area contributed by atoms with E-state index in [1.165, 1.54) is 58.5 Å². The van der Waals surface area contributed by atoms with E-state index in [9.17, 15) is 4.79 Å². The molecule has 0 saturated heterocycles. The maximum atomic E-state index is 11.3. The first-order valence-corrected chi connectivity index (χ1v) is 9.33. The molecule has 1 aromatic carbocycles. The summed E-state index contributed by atoms with van der Waals surface area (Å²) in [4.78, 5) is 11.3. The lowest BCUT2D eigenvalue weighted by molar-refractivity contribution is 0.0600. The second-order valence-electron chi connectivity index (χ2n) is 5.77. The number of ether oxygens (including phenoxy) is 2. The number of carbonyl (C=O) groups excluding carboxylic acids is 1. The zero-order valence-electron chi connectivity index (χ0n) is 14.3. The van der Waals surface area contributed by atoms with Crippen LogP contribution in [0.3, 0.4) is 0 Å². The lowest BCUT2D eigenvalue weighted by atomic mass is 10.1. The standard InChI is InChI=1S/C19H30O3S/c1-21-19(20)17-11-13-18(14-12-17)22-15-9-7-5-3-2-4-6-8-10-16-23/h11-14,23H,2-10,15-16H2,1H3. The quantitative estimate of drug-likeness (QED) is 0.301. The Bertz CT molecular complexity index is 417. The number of hydrogen-bond donors (Lipinski definition) is 1. The van der Waals surface area contributed by atoms with Crippen LogP contribution in [0.15, 0.2) is 24.3 Å². The summed E-state index contributed by atoms with van der Waals surface area (Å²) < 4.78 is 10.4. The molecule has 0 radical (unpaired) electrons. The van der Waals surface area contributed by atoms with E-state index in [-0.39, 0.29) is 5.97 Å². The minimum Gasteiger partial charge on any atom is -0.494 e. The fraction of sp³-hybridized carbons (Fsp3) is 0.632. The van der Waals surface area contributed by atoms with E-state index in [2.05, 4.69) is 17.4 Å². The number of methoxy groups -OCH3 is 1. The molecule has 130 valence electrons. The van der Waals surface area contributed by atoms with Gasteiger partial charge in [0, 0.05) is 0 Å². The summed E-state index contributed by atoms with van der Waals surface area (Å²) in [5.74, 6) is 1.51. The van der Waals surface area contributed by atoms with Gasteiger partial charge in [-0.05, 0) is 42.9 Å². The van der Waals surface area contributed by atoms with Crippen LogP contribution in [-0.4, -0.2) is 25.4 Å². The third kappa shape index (κ3) is 9.54. The summed E-state index contributed by atoms with van der Waals surface area (Å²) in [6, 6.07) is 7.10. The normalized spacial score (nSPS) is 10.5. The van der Waals surface area contributed by atoms with Crippen molar-refractivity contribution < 1.29 is 14.3 Å². The van der Waals surface area contributed by atoms with E-state index in [0.717, 1.165) is 24.5 Å². The predicted octanol–water partition coefficient (Wildman–Crippen LogP) is 5.29. The number of benzene rings is 1. The lowest BCUT2D eigenvalue weighted by Crippen LogP contribution is -2.01. The molecule has 4 heteroatoms. The summed E-state index contributed by atoms with van der Waals surface area (Å²) in [5, 5.41) is 0. The highest BCUT2D eigenvalue weighted by Crippen LogP contribution is 2.14. The number of thiol groups is 1.